The molecule has 1 aliphatic heterocycles. The summed E-state index contributed by atoms with van der Waals surface area (Å²) in [5, 5.41) is 13.6. The van der Waals surface area contributed by atoms with Gasteiger partial charge in [-0.3, -0.25) is 19.5 Å². The van der Waals surface area contributed by atoms with Crippen LogP contribution in [0.4, 0.5) is 5.69 Å². The summed E-state index contributed by atoms with van der Waals surface area (Å²) in [7, 11) is 0. The standard InChI is InChI=1S/C19H17N3O7/c23-18(20-10-12-3-6-15-17(8-12)28-11-27-15)2-1-7-21-14-5-4-13(22(25)26)9-16(14)29-19(21)24/h3-6,8-9H,1-2,7,10-11H2,(H,20,23). The molecule has 2 heterocycles. The topological polar surface area (TPSA) is 126 Å². The average Bonchev–Trinajstić information content (AvgIpc) is 3.29. The molecule has 1 aliphatic rings. The molecule has 1 aromatic heterocycles. The highest BCUT2D eigenvalue weighted by atomic mass is 16.7. The molecule has 2 aromatic carbocycles. The van der Waals surface area contributed by atoms with Crippen molar-refractivity contribution < 1.29 is 23.6 Å². The van der Waals surface area contributed by atoms with E-state index in [1.165, 1.54) is 22.8 Å². The Morgan fingerprint density at radius 1 is 1.17 bits per heavy atom. The van der Waals surface area contributed by atoms with Crippen LogP contribution in [0.3, 0.4) is 0 Å². The van der Waals surface area contributed by atoms with Crippen LogP contribution in [0.15, 0.2) is 45.6 Å². The first-order valence-corrected chi connectivity index (χ1v) is 8.94. The number of nitro benzene ring substituents is 1. The average molecular weight is 399 g/mol. The van der Waals surface area contributed by atoms with Gasteiger partial charge in [-0.05, 0) is 30.2 Å². The van der Waals surface area contributed by atoms with Gasteiger partial charge in [-0.2, -0.15) is 0 Å². The molecule has 10 nitrogen and oxygen atoms in total. The Bertz CT molecular complexity index is 1150. The Balaban J connectivity index is 1.32. The van der Waals surface area contributed by atoms with Crippen molar-refractivity contribution in [2.45, 2.75) is 25.9 Å². The highest BCUT2D eigenvalue weighted by molar-refractivity contribution is 5.76. The van der Waals surface area contributed by atoms with Crippen LogP contribution in [-0.4, -0.2) is 22.2 Å². The number of fused-ring (bicyclic) bond motifs is 2. The van der Waals surface area contributed by atoms with Crippen molar-refractivity contribution in [1.82, 2.24) is 9.88 Å². The van der Waals surface area contributed by atoms with Crippen molar-refractivity contribution in [2.75, 3.05) is 6.79 Å². The zero-order valence-electron chi connectivity index (χ0n) is 15.3. The number of rotatable bonds is 7. The molecule has 0 bridgehead atoms. The van der Waals surface area contributed by atoms with Crippen molar-refractivity contribution in [3.8, 4) is 11.5 Å². The molecule has 1 N–H and O–H groups in total. The van der Waals surface area contributed by atoms with Crippen LogP contribution >= 0.6 is 0 Å². The van der Waals surface area contributed by atoms with E-state index in [-0.39, 0.29) is 36.9 Å². The second-order valence-corrected chi connectivity index (χ2v) is 6.50. The molecular weight excluding hydrogens is 382 g/mol. The number of nitrogens with one attached hydrogen (secondary N) is 1. The van der Waals surface area contributed by atoms with Crippen LogP contribution in [0.25, 0.3) is 11.1 Å². The van der Waals surface area contributed by atoms with Crippen molar-refractivity contribution >= 4 is 22.7 Å². The van der Waals surface area contributed by atoms with Gasteiger partial charge in [-0.15, -0.1) is 0 Å². The van der Waals surface area contributed by atoms with Crippen molar-refractivity contribution in [2.24, 2.45) is 0 Å². The minimum absolute atomic E-state index is 0.149. The van der Waals surface area contributed by atoms with Gasteiger partial charge in [0.05, 0.1) is 16.5 Å². The largest absolute Gasteiger partial charge is 0.454 e. The number of benzene rings is 2. The van der Waals surface area contributed by atoms with Crippen LogP contribution in [0, 0.1) is 10.1 Å². The third-order valence-electron chi connectivity index (χ3n) is 4.57. The van der Waals surface area contributed by atoms with E-state index in [9.17, 15) is 19.7 Å². The number of carbonyl (C=O) groups is 1. The molecule has 0 fully saturated rings. The summed E-state index contributed by atoms with van der Waals surface area (Å²) in [5.74, 6) is 0.576. The zero-order chi connectivity index (χ0) is 20.4. The fraction of sp³-hybridized carbons (Fsp3) is 0.263. The Morgan fingerprint density at radius 2 is 2.00 bits per heavy atom. The van der Waals surface area contributed by atoms with E-state index >= 15 is 0 Å². The van der Waals surface area contributed by atoms with E-state index in [1.807, 2.05) is 12.1 Å². The number of aryl methyl sites for hydroxylation is 1. The molecular formula is C19H17N3O7. The van der Waals surface area contributed by atoms with Crippen molar-refractivity contribution in [3.63, 3.8) is 0 Å². The molecule has 0 radical (unpaired) electrons. The Labute approximate surface area is 163 Å². The molecule has 0 saturated carbocycles. The summed E-state index contributed by atoms with van der Waals surface area (Å²) in [6, 6.07) is 9.46. The van der Waals surface area contributed by atoms with E-state index in [2.05, 4.69) is 5.32 Å². The van der Waals surface area contributed by atoms with Crippen LogP contribution in [0.1, 0.15) is 18.4 Å². The summed E-state index contributed by atoms with van der Waals surface area (Å²) in [4.78, 5) is 34.4. The quantitative estimate of drug-likeness (QED) is 0.477. The third kappa shape index (κ3) is 3.91. The zero-order valence-corrected chi connectivity index (χ0v) is 15.3. The smallest absolute Gasteiger partial charge is 0.419 e. The molecule has 4 rings (SSSR count). The molecule has 29 heavy (non-hydrogen) atoms. The lowest BCUT2D eigenvalue weighted by atomic mass is 10.2. The molecule has 0 unspecified atom stereocenters. The molecule has 150 valence electrons. The number of oxazole rings is 1. The van der Waals surface area contributed by atoms with Crippen molar-refractivity contribution in [1.29, 1.82) is 0 Å². The van der Waals surface area contributed by atoms with Gasteiger partial charge in [0, 0.05) is 25.6 Å². The number of carbonyl (C=O) groups excluding carboxylic acids is 1. The molecule has 0 atom stereocenters. The molecule has 3 aromatic rings. The highest BCUT2D eigenvalue weighted by Gasteiger charge is 2.15. The van der Waals surface area contributed by atoms with Crippen molar-refractivity contribution in [3.05, 3.63) is 62.6 Å². The molecule has 0 spiro atoms. The van der Waals surface area contributed by atoms with E-state index in [4.69, 9.17) is 13.9 Å². The first-order chi connectivity index (χ1) is 14.0. The minimum atomic E-state index is -0.610. The number of nitro groups is 1. The minimum Gasteiger partial charge on any atom is -0.454 e. The number of hydrogen-bond acceptors (Lipinski definition) is 7. The van der Waals surface area contributed by atoms with Gasteiger partial charge >= 0.3 is 5.76 Å². The second-order valence-electron chi connectivity index (χ2n) is 6.50. The SMILES string of the molecule is O=C(CCCn1c(=O)oc2cc([N+](=O)[O-])ccc21)NCc1ccc2c(c1)OCO2. The van der Waals surface area contributed by atoms with E-state index in [0.717, 1.165) is 5.56 Å². The molecule has 10 heteroatoms. The maximum atomic E-state index is 12.1. The van der Waals surface area contributed by atoms with Gasteiger partial charge in [-0.25, -0.2) is 4.79 Å². The van der Waals surface area contributed by atoms with Crippen LogP contribution in [0.5, 0.6) is 11.5 Å². The predicted molar refractivity (Wildman–Crippen MR) is 101 cm³/mol. The Kier molecular flexibility index (Phi) is 4.90. The Hall–Kier alpha value is -3.82. The lowest BCUT2D eigenvalue weighted by molar-refractivity contribution is -0.384. The van der Waals surface area contributed by atoms with Gasteiger partial charge < -0.3 is 19.2 Å². The number of amides is 1. The van der Waals surface area contributed by atoms with Crippen LogP contribution in [-0.2, 0) is 17.9 Å². The summed E-state index contributed by atoms with van der Waals surface area (Å²) in [6.07, 6.45) is 0.634. The lowest BCUT2D eigenvalue weighted by Crippen LogP contribution is -2.23. The fourth-order valence-corrected chi connectivity index (χ4v) is 3.12. The molecule has 0 aliphatic carbocycles. The number of aromatic nitrogens is 1. The summed E-state index contributed by atoms with van der Waals surface area (Å²) in [5.41, 5.74) is 1.35. The fourth-order valence-electron chi connectivity index (χ4n) is 3.12. The number of ether oxygens (including phenoxy) is 2. The normalized spacial score (nSPS) is 12.3. The molecule has 0 saturated heterocycles. The van der Waals surface area contributed by atoms with Gasteiger partial charge in [0.15, 0.2) is 17.1 Å². The predicted octanol–water partition coefficient (Wildman–Crippen LogP) is 2.33. The summed E-state index contributed by atoms with van der Waals surface area (Å²) >= 11 is 0. The lowest BCUT2D eigenvalue weighted by Gasteiger charge is -2.07. The van der Waals surface area contributed by atoms with E-state index < -0.39 is 10.7 Å². The summed E-state index contributed by atoms with van der Waals surface area (Å²) < 4.78 is 17.0. The Morgan fingerprint density at radius 3 is 2.83 bits per heavy atom. The monoisotopic (exact) mass is 399 g/mol. The van der Waals surface area contributed by atoms with Gasteiger partial charge in [-0.1, -0.05) is 6.07 Å². The van der Waals surface area contributed by atoms with Gasteiger partial charge in [0.25, 0.3) is 5.69 Å². The summed E-state index contributed by atoms with van der Waals surface area (Å²) in [6.45, 7) is 0.815. The first kappa shape index (κ1) is 18.5. The number of non-ortho nitro benzene ring substituents is 1. The van der Waals surface area contributed by atoms with Gasteiger partial charge in [0.1, 0.15) is 0 Å². The molecule has 1 amide bonds. The first-order valence-electron chi connectivity index (χ1n) is 8.94. The van der Waals surface area contributed by atoms with Gasteiger partial charge in [0.2, 0.25) is 12.7 Å². The number of hydrogen-bond donors (Lipinski definition) is 1. The van der Waals surface area contributed by atoms with Crippen LogP contribution < -0.4 is 20.5 Å². The van der Waals surface area contributed by atoms with E-state index in [0.29, 0.717) is 30.0 Å². The number of nitrogens with zero attached hydrogens (tertiary/aromatic N) is 2. The van der Waals surface area contributed by atoms with E-state index in [1.54, 1.807) is 6.07 Å². The van der Waals surface area contributed by atoms with Crippen LogP contribution in [0.2, 0.25) is 0 Å². The highest BCUT2D eigenvalue weighted by Crippen LogP contribution is 2.32. The third-order valence-corrected chi connectivity index (χ3v) is 4.57. The second kappa shape index (κ2) is 7.66. The maximum absolute atomic E-state index is 12.1. The maximum Gasteiger partial charge on any atom is 0.419 e.